The van der Waals surface area contributed by atoms with Crippen LogP contribution in [0.5, 0.6) is 5.75 Å². The number of aromatic nitrogens is 2. The highest BCUT2D eigenvalue weighted by atomic mass is 16.5. The second-order valence-corrected chi connectivity index (χ2v) is 4.39. The van der Waals surface area contributed by atoms with Crippen molar-refractivity contribution in [1.82, 2.24) is 9.97 Å². The van der Waals surface area contributed by atoms with Gasteiger partial charge in [0.25, 0.3) is 5.91 Å². The number of imidazole rings is 1. The number of hydrogen-bond acceptors (Lipinski definition) is 3. The number of nitrogens with zero attached hydrogens (tertiary/aromatic N) is 1. The van der Waals surface area contributed by atoms with Crippen molar-refractivity contribution in [2.75, 3.05) is 6.61 Å². The maximum absolute atomic E-state index is 10.7. The summed E-state index contributed by atoms with van der Waals surface area (Å²) < 4.78 is 5.29. The molecule has 0 saturated carbocycles. The Bertz CT molecular complexity index is 731. The first-order valence-corrected chi connectivity index (χ1v) is 6.19. The van der Waals surface area contributed by atoms with Crippen LogP contribution in [0.15, 0.2) is 48.5 Å². The maximum atomic E-state index is 10.7. The Morgan fingerprint density at radius 3 is 2.85 bits per heavy atom. The third kappa shape index (κ3) is 2.47. The largest absolute Gasteiger partial charge is 0.484 e. The second kappa shape index (κ2) is 5.05. The van der Waals surface area contributed by atoms with E-state index in [1.54, 1.807) is 6.07 Å². The first-order valence-electron chi connectivity index (χ1n) is 6.19. The fraction of sp³-hybridized carbons (Fsp3) is 0.0667. The maximum Gasteiger partial charge on any atom is 0.255 e. The van der Waals surface area contributed by atoms with Gasteiger partial charge in [-0.2, -0.15) is 0 Å². The summed E-state index contributed by atoms with van der Waals surface area (Å²) in [5, 5.41) is 0. The molecule has 0 fully saturated rings. The number of para-hydroxylation sites is 2. The summed E-state index contributed by atoms with van der Waals surface area (Å²) in [5.74, 6) is 0.844. The molecular formula is C15H13N3O2. The van der Waals surface area contributed by atoms with E-state index in [4.69, 9.17) is 10.5 Å². The quantitative estimate of drug-likeness (QED) is 0.759. The monoisotopic (exact) mass is 267 g/mol. The fourth-order valence-electron chi connectivity index (χ4n) is 1.98. The molecule has 0 aliphatic carbocycles. The number of nitrogens with two attached hydrogens (primary N) is 1. The lowest BCUT2D eigenvalue weighted by atomic mass is 10.2. The van der Waals surface area contributed by atoms with Gasteiger partial charge in [0, 0.05) is 5.56 Å². The van der Waals surface area contributed by atoms with Crippen molar-refractivity contribution in [2.45, 2.75) is 0 Å². The molecule has 0 aliphatic heterocycles. The third-order valence-corrected chi connectivity index (χ3v) is 2.88. The highest BCUT2D eigenvalue weighted by Crippen LogP contribution is 2.23. The van der Waals surface area contributed by atoms with Gasteiger partial charge < -0.3 is 15.5 Å². The zero-order valence-corrected chi connectivity index (χ0v) is 10.7. The van der Waals surface area contributed by atoms with Crippen molar-refractivity contribution in [1.29, 1.82) is 0 Å². The number of aromatic amines is 1. The number of benzene rings is 2. The lowest BCUT2D eigenvalue weighted by molar-refractivity contribution is -0.119. The summed E-state index contributed by atoms with van der Waals surface area (Å²) in [6, 6.07) is 15.2. The van der Waals surface area contributed by atoms with E-state index in [0.29, 0.717) is 5.75 Å². The van der Waals surface area contributed by atoms with Gasteiger partial charge in [0.2, 0.25) is 0 Å². The molecule has 0 aliphatic rings. The standard InChI is InChI=1S/C15H13N3O2/c16-14(19)9-20-11-5-3-4-10(8-11)15-17-12-6-1-2-7-13(12)18-15/h1-8H,9H2,(H2,16,19)(H,17,18). The number of rotatable bonds is 4. The normalized spacial score (nSPS) is 10.6. The van der Waals surface area contributed by atoms with Gasteiger partial charge in [0.15, 0.2) is 6.61 Å². The summed E-state index contributed by atoms with van der Waals surface area (Å²) in [6.07, 6.45) is 0. The van der Waals surface area contributed by atoms with E-state index in [0.717, 1.165) is 22.4 Å². The molecule has 0 atom stereocenters. The van der Waals surface area contributed by atoms with E-state index in [1.165, 1.54) is 0 Å². The van der Waals surface area contributed by atoms with Crippen LogP contribution in [0.4, 0.5) is 0 Å². The first-order chi connectivity index (χ1) is 9.72. The van der Waals surface area contributed by atoms with Gasteiger partial charge in [-0.15, -0.1) is 0 Å². The summed E-state index contributed by atoms with van der Waals surface area (Å²) in [6.45, 7) is -0.135. The van der Waals surface area contributed by atoms with Crippen molar-refractivity contribution < 1.29 is 9.53 Å². The van der Waals surface area contributed by atoms with Crippen LogP contribution in [0.2, 0.25) is 0 Å². The van der Waals surface area contributed by atoms with Crippen LogP contribution in [-0.2, 0) is 4.79 Å². The predicted molar refractivity (Wildman–Crippen MR) is 76.2 cm³/mol. The van der Waals surface area contributed by atoms with E-state index in [-0.39, 0.29) is 6.61 Å². The summed E-state index contributed by atoms with van der Waals surface area (Å²) >= 11 is 0. The Balaban J connectivity index is 1.93. The van der Waals surface area contributed by atoms with E-state index in [2.05, 4.69) is 9.97 Å². The van der Waals surface area contributed by atoms with E-state index >= 15 is 0 Å². The second-order valence-electron chi connectivity index (χ2n) is 4.39. The Morgan fingerprint density at radius 1 is 1.20 bits per heavy atom. The molecule has 0 saturated heterocycles. The van der Waals surface area contributed by atoms with Crippen molar-refractivity contribution in [2.24, 2.45) is 5.73 Å². The number of amides is 1. The minimum Gasteiger partial charge on any atom is -0.484 e. The molecular weight excluding hydrogens is 254 g/mol. The molecule has 0 unspecified atom stereocenters. The van der Waals surface area contributed by atoms with Gasteiger partial charge in [0.1, 0.15) is 11.6 Å². The van der Waals surface area contributed by atoms with Crippen LogP contribution in [0, 0.1) is 0 Å². The van der Waals surface area contributed by atoms with Gasteiger partial charge >= 0.3 is 0 Å². The average molecular weight is 267 g/mol. The van der Waals surface area contributed by atoms with E-state index in [9.17, 15) is 4.79 Å². The Morgan fingerprint density at radius 2 is 2.05 bits per heavy atom. The van der Waals surface area contributed by atoms with Crippen molar-refractivity contribution in [3.05, 3.63) is 48.5 Å². The zero-order valence-electron chi connectivity index (χ0n) is 10.7. The predicted octanol–water partition coefficient (Wildman–Crippen LogP) is 2.09. The van der Waals surface area contributed by atoms with Crippen LogP contribution >= 0.6 is 0 Å². The molecule has 100 valence electrons. The van der Waals surface area contributed by atoms with Crippen LogP contribution in [0.1, 0.15) is 0 Å². The third-order valence-electron chi connectivity index (χ3n) is 2.88. The molecule has 3 N–H and O–H groups in total. The SMILES string of the molecule is NC(=O)COc1cccc(-c2nc3ccccc3[nH]2)c1. The summed E-state index contributed by atoms with van der Waals surface area (Å²) in [7, 11) is 0. The molecule has 1 aromatic heterocycles. The number of carbonyl (C=O) groups is 1. The Kier molecular flexibility index (Phi) is 3.09. The first kappa shape index (κ1) is 12.2. The Hall–Kier alpha value is -2.82. The smallest absolute Gasteiger partial charge is 0.255 e. The van der Waals surface area contributed by atoms with Gasteiger partial charge in [-0.05, 0) is 24.3 Å². The van der Waals surface area contributed by atoms with Gasteiger partial charge in [-0.25, -0.2) is 4.98 Å². The van der Waals surface area contributed by atoms with Crippen LogP contribution in [0.25, 0.3) is 22.4 Å². The van der Waals surface area contributed by atoms with E-state index in [1.807, 2.05) is 42.5 Å². The number of hydrogen-bond donors (Lipinski definition) is 2. The molecule has 1 amide bonds. The summed E-state index contributed by atoms with van der Waals surface area (Å²) in [4.78, 5) is 18.5. The molecule has 5 nitrogen and oxygen atoms in total. The van der Waals surface area contributed by atoms with E-state index < -0.39 is 5.91 Å². The lowest BCUT2D eigenvalue weighted by Gasteiger charge is -2.04. The van der Waals surface area contributed by atoms with Gasteiger partial charge in [-0.1, -0.05) is 24.3 Å². The number of H-pyrrole nitrogens is 1. The molecule has 3 rings (SSSR count). The minimum atomic E-state index is -0.501. The molecule has 2 aromatic carbocycles. The highest BCUT2D eigenvalue weighted by molar-refractivity contribution is 5.79. The molecule has 0 radical (unpaired) electrons. The van der Waals surface area contributed by atoms with Crippen LogP contribution < -0.4 is 10.5 Å². The van der Waals surface area contributed by atoms with Crippen molar-refractivity contribution in [3.8, 4) is 17.1 Å². The molecule has 3 aromatic rings. The number of ether oxygens (including phenoxy) is 1. The fourth-order valence-corrected chi connectivity index (χ4v) is 1.98. The zero-order chi connectivity index (χ0) is 13.9. The minimum absolute atomic E-state index is 0.135. The average Bonchev–Trinajstić information content (AvgIpc) is 2.89. The van der Waals surface area contributed by atoms with Crippen LogP contribution in [0.3, 0.4) is 0 Å². The molecule has 0 bridgehead atoms. The molecule has 0 spiro atoms. The number of fused-ring (bicyclic) bond motifs is 1. The molecule has 5 heteroatoms. The highest BCUT2D eigenvalue weighted by Gasteiger charge is 2.06. The lowest BCUT2D eigenvalue weighted by Crippen LogP contribution is -2.19. The molecule has 1 heterocycles. The number of primary amides is 1. The van der Waals surface area contributed by atoms with Gasteiger partial charge in [0.05, 0.1) is 11.0 Å². The van der Waals surface area contributed by atoms with Crippen LogP contribution in [-0.4, -0.2) is 22.5 Å². The van der Waals surface area contributed by atoms with Crippen molar-refractivity contribution in [3.63, 3.8) is 0 Å². The van der Waals surface area contributed by atoms with Crippen molar-refractivity contribution >= 4 is 16.9 Å². The topological polar surface area (TPSA) is 81.0 Å². The number of nitrogens with one attached hydrogen (secondary N) is 1. The number of carbonyl (C=O) groups excluding carboxylic acids is 1. The molecule has 20 heavy (non-hydrogen) atoms. The summed E-state index contributed by atoms with van der Waals surface area (Å²) in [5.41, 5.74) is 7.84. The Labute approximate surface area is 115 Å². The van der Waals surface area contributed by atoms with Gasteiger partial charge in [-0.3, -0.25) is 4.79 Å².